The van der Waals surface area contributed by atoms with Crippen molar-refractivity contribution in [3.63, 3.8) is 0 Å². The number of ether oxygens (including phenoxy) is 1. The normalized spacial score (nSPS) is 25.9. The van der Waals surface area contributed by atoms with E-state index in [1.165, 1.54) is 5.57 Å². The summed E-state index contributed by atoms with van der Waals surface area (Å²) in [6.07, 6.45) is 3.48. The average Bonchev–Trinajstić information content (AvgIpc) is 3.04. The molecule has 0 aromatic heterocycles. The summed E-state index contributed by atoms with van der Waals surface area (Å²) >= 11 is 0. The molecule has 6 heteroatoms. The van der Waals surface area contributed by atoms with Crippen LogP contribution < -0.4 is 0 Å². The minimum atomic E-state index is -3.45. The third kappa shape index (κ3) is 5.89. The van der Waals surface area contributed by atoms with Gasteiger partial charge in [-0.25, -0.2) is 8.42 Å². The van der Waals surface area contributed by atoms with Gasteiger partial charge in [-0.05, 0) is 71.9 Å². The number of aliphatic hydroxyl groups excluding tert-OH is 1. The fourth-order valence-corrected chi connectivity index (χ4v) is 5.02. The van der Waals surface area contributed by atoms with Crippen molar-refractivity contribution in [2.24, 2.45) is 0 Å². The largest absolute Gasteiger partial charge is 0.390 e. The molecule has 158 valence electrons. The van der Waals surface area contributed by atoms with Gasteiger partial charge in [0.2, 0.25) is 0 Å². The predicted molar refractivity (Wildman–Crippen MR) is 111 cm³/mol. The first-order valence-electron chi connectivity index (χ1n) is 9.96. The molecule has 5 nitrogen and oxygen atoms in total. The summed E-state index contributed by atoms with van der Waals surface area (Å²) in [6, 6.07) is 8.27. The van der Waals surface area contributed by atoms with Crippen LogP contribution in [-0.2, 0) is 14.6 Å². The number of rotatable bonds is 9. The van der Waals surface area contributed by atoms with E-state index in [1.807, 2.05) is 13.8 Å². The van der Waals surface area contributed by atoms with Crippen molar-refractivity contribution in [3.8, 4) is 0 Å². The highest BCUT2D eigenvalue weighted by atomic mass is 32.2. The first-order chi connectivity index (χ1) is 13.0. The van der Waals surface area contributed by atoms with Crippen LogP contribution in [-0.4, -0.2) is 47.8 Å². The molecule has 1 saturated heterocycles. The number of benzene rings is 1. The third-order valence-corrected chi connectivity index (χ3v) is 7.44. The van der Waals surface area contributed by atoms with Crippen LogP contribution >= 0.6 is 0 Å². The zero-order valence-corrected chi connectivity index (χ0v) is 18.2. The molecule has 1 aliphatic heterocycles. The summed E-state index contributed by atoms with van der Waals surface area (Å²) in [5, 5.41) is 21.5. The molecule has 1 heterocycles. The first kappa shape index (κ1) is 23.1. The Bertz CT molecular complexity index is 765. The van der Waals surface area contributed by atoms with Crippen LogP contribution in [0.15, 0.2) is 46.9 Å². The molecule has 1 unspecified atom stereocenters. The lowest BCUT2D eigenvalue weighted by atomic mass is 9.89. The second-order valence-electron chi connectivity index (χ2n) is 8.57. The summed E-state index contributed by atoms with van der Waals surface area (Å²) in [7, 11) is -3.45. The van der Waals surface area contributed by atoms with Crippen molar-refractivity contribution in [1.29, 1.82) is 0 Å². The van der Waals surface area contributed by atoms with Gasteiger partial charge in [-0.1, -0.05) is 29.8 Å². The molecule has 2 N–H and O–H groups in total. The van der Waals surface area contributed by atoms with E-state index in [9.17, 15) is 18.6 Å². The maximum absolute atomic E-state index is 12.5. The van der Waals surface area contributed by atoms with E-state index in [-0.39, 0.29) is 23.2 Å². The Morgan fingerprint density at radius 2 is 2.00 bits per heavy atom. The highest BCUT2D eigenvalue weighted by molar-refractivity contribution is 7.91. The molecule has 28 heavy (non-hydrogen) atoms. The van der Waals surface area contributed by atoms with Gasteiger partial charge in [-0.2, -0.15) is 0 Å². The van der Waals surface area contributed by atoms with Gasteiger partial charge >= 0.3 is 0 Å². The smallest absolute Gasteiger partial charge is 0.178 e. The Morgan fingerprint density at radius 1 is 1.36 bits per heavy atom. The summed E-state index contributed by atoms with van der Waals surface area (Å²) < 4.78 is 31.0. The molecule has 1 aromatic rings. The van der Waals surface area contributed by atoms with E-state index in [2.05, 4.69) is 6.08 Å². The summed E-state index contributed by atoms with van der Waals surface area (Å²) in [6.45, 7) is 7.63. The third-order valence-electron chi connectivity index (χ3n) is 5.68. The monoisotopic (exact) mass is 410 g/mol. The fraction of sp³-hybridized carbons (Fsp3) is 0.636. The van der Waals surface area contributed by atoms with Crippen LogP contribution in [0.5, 0.6) is 0 Å². The Hall–Kier alpha value is -1.21. The molecule has 0 radical (unpaired) electrons. The van der Waals surface area contributed by atoms with E-state index < -0.39 is 27.1 Å². The van der Waals surface area contributed by atoms with E-state index >= 15 is 0 Å². The van der Waals surface area contributed by atoms with E-state index in [1.54, 1.807) is 44.2 Å². The fourth-order valence-electron chi connectivity index (χ4n) is 3.68. The summed E-state index contributed by atoms with van der Waals surface area (Å²) in [5.74, 6) is -0.140. The Morgan fingerprint density at radius 3 is 2.61 bits per heavy atom. The molecule has 1 fully saturated rings. The van der Waals surface area contributed by atoms with Gasteiger partial charge < -0.3 is 14.9 Å². The van der Waals surface area contributed by atoms with Crippen LogP contribution in [0.3, 0.4) is 0 Å². The van der Waals surface area contributed by atoms with E-state index in [4.69, 9.17) is 4.74 Å². The molecule has 0 aliphatic carbocycles. The van der Waals surface area contributed by atoms with Gasteiger partial charge in [-0.15, -0.1) is 0 Å². The molecule has 0 spiro atoms. The van der Waals surface area contributed by atoms with Gasteiger partial charge in [0.05, 0.1) is 34.1 Å². The number of allylic oxidation sites excluding steroid dienone is 2. The number of sulfone groups is 1. The molecule has 0 bridgehead atoms. The zero-order chi connectivity index (χ0) is 21.0. The Labute approximate surface area is 169 Å². The highest BCUT2D eigenvalue weighted by Crippen LogP contribution is 2.40. The lowest BCUT2D eigenvalue weighted by molar-refractivity contribution is -0.159. The predicted octanol–water partition coefficient (Wildman–Crippen LogP) is 3.65. The van der Waals surface area contributed by atoms with E-state index in [0.717, 1.165) is 6.42 Å². The number of hydrogen-bond donors (Lipinski definition) is 2. The molecule has 0 amide bonds. The first-order valence-corrected chi connectivity index (χ1v) is 11.6. The highest BCUT2D eigenvalue weighted by Gasteiger charge is 2.47. The molecule has 4 atom stereocenters. The number of aliphatic hydroxyl groups is 2. The zero-order valence-electron chi connectivity index (χ0n) is 17.4. The van der Waals surface area contributed by atoms with Crippen LogP contribution in [0, 0.1) is 0 Å². The van der Waals surface area contributed by atoms with Crippen molar-refractivity contribution in [2.75, 3.05) is 5.75 Å². The van der Waals surface area contributed by atoms with Gasteiger partial charge in [0, 0.05) is 0 Å². The molecular weight excluding hydrogens is 376 g/mol. The molecule has 1 aromatic carbocycles. The quantitative estimate of drug-likeness (QED) is 0.607. The van der Waals surface area contributed by atoms with Gasteiger partial charge in [-0.3, -0.25) is 0 Å². The Kier molecular flexibility index (Phi) is 7.48. The lowest BCUT2D eigenvalue weighted by Crippen LogP contribution is -2.45. The molecule has 0 saturated carbocycles. The lowest BCUT2D eigenvalue weighted by Gasteiger charge is -2.35. The van der Waals surface area contributed by atoms with Crippen LogP contribution in [0.1, 0.15) is 59.8 Å². The molecular formula is C22H34O5S. The van der Waals surface area contributed by atoms with Crippen molar-refractivity contribution in [3.05, 3.63) is 42.0 Å². The van der Waals surface area contributed by atoms with Crippen molar-refractivity contribution < 1.29 is 23.4 Å². The van der Waals surface area contributed by atoms with Crippen LogP contribution in [0.2, 0.25) is 0 Å². The minimum Gasteiger partial charge on any atom is -0.390 e. The number of hydrogen-bond acceptors (Lipinski definition) is 5. The van der Waals surface area contributed by atoms with Crippen molar-refractivity contribution >= 4 is 9.84 Å². The summed E-state index contributed by atoms with van der Waals surface area (Å²) in [4.78, 5) is 0.264. The average molecular weight is 411 g/mol. The van der Waals surface area contributed by atoms with Crippen LogP contribution in [0.4, 0.5) is 0 Å². The van der Waals surface area contributed by atoms with Crippen molar-refractivity contribution in [1.82, 2.24) is 0 Å². The van der Waals surface area contributed by atoms with E-state index in [0.29, 0.717) is 19.3 Å². The molecule has 1 aliphatic rings. The topological polar surface area (TPSA) is 83.8 Å². The maximum Gasteiger partial charge on any atom is 0.178 e. The second-order valence-corrected chi connectivity index (χ2v) is 10.7. The van der Waals surface area contributed by atoms with Crippen molar-refractivity contribution in [2.45, 2.75) is 88.1 Å². The standard InChI is InChI=1S/C22H34O5S/c1-17(2)9-8-14-21(3,24)20-12-15-22(4,27-20)19(23)13-16-28(25,26)18-10-6-5-7-11-18/h5-7,9-11,19-20,23-24H,8,12-16H2,1-4H3/t19?,20-,21+,22+/m1/s1. The second kappa shape index (κ2) is 9.08. The summed E-state index contributed by atoms with van der Waals surface area (Å²) in [5.41, 5.74) is -0.625. The Balaban J connectivity index is 1.95. The van der Waals surface area contributed by atoms with Gasteiger partial charge in [0.1, 0.15) is 0 Å². The van der Waals surface area contributed by atoms with Crippen LogP contribution in [0.25, 0.3) is 0 Å². The van der Waals surface area contributed by atoms with Gasteiger partial charge in [0.25, 0.3) is 0 Å². The van der Waals surface area contributed by atoms with Gasteiger partial charge in [0.15, 0.2) is 9.84 Å². The minimum absolute atomic E-state index is 0.0976. The SMILES string of the molecule is CC(C)=CCC[C@](C)(O)[C@H]1CC[C@@](C)(C(O)CCS(=O)(=O)c2ccccc2)O1. The molecule has 2 rings (SSSR count). The maximum atomic E-state index is 12.5.